The monoisotopic (exact) mass is 388 g/mol. The lowest BCUT2D eigenvalue weighted by molar-refractivity contribution is 0.199. The van der Waals surface area contributed by atoms with Gasteiger partial charge in [0.1, 0.15) is 5.82 Å². The summed E-state index contributed by atoms with van der Waals surface area (Å²) < 4.78 is 13.0. The summed E-state index contributed by atoms with van der Waals surface area (Å²) in [6.07, 6.45) is 13.8. The van der Waals surface area contributed by atoms with Crippen LogP contribution in [0.4, 0.5) is 4.39 Å². The molecule has 0 unspecified atom stereocenters. The van der Waals surface area contributed by atoms with E-state index in [4.69, 9.17) is 0 Å². The third kappa shape index (κ3) is 5.11. The summed E-state index contributed by atoms with van der Waals surface area (Å²) in [7, 11) is 0. The summed E-state index contributed by atoms with van der Waals surface area (Å²) in [5.74, 6) is 8.85. The van der Waals surface area contributed by atoms with E-state index in [0.29, 0.717) is 0 Å². The van der Waals surface area contributed by atoms with Crippen LogP contribution in [-0.2, 0) is 6.42 Å². The molecule has 2 aliphatic rings. The number of unbranched alkanes of at least 4 members (excludes halogenated alkanes) is 3. The Balaban J connectivity index is 1.40. The van der Waals surface area contributed by atoms with Crippen LogP contribution >= 0.6 is 0 Å². The molecule has 0 aromatic heterocycles. The quantitative estimate of drug-likeness (QED) is 0.364. The normalized spacial score (nSPS) is 22.9. The van der Waals surface area contributed by atoms with E-state index < -0.39 is 0 Å². The fraction of sp³-hybridized carbons (Fsp3) is 0.500. The lowest BCUT2D eigenvalue weighted by atomic mass is 9.64. The van der Waals surface area contributed by atoms with Gasteiger partial charge in [0.15, 0.2) is 0 Å². The van der Waals surface area contributed by atoms with Crippen LogP contribution in [0.1, 0.15) is 92.9 Å². The van der Waals surface area contributed by atoms with E-state index in [9.17, 15) is 4.39 Å². The largest absolute Gasteiger partial charge is 0.207 e. The van der Waals surface area contributed by atoms with Crippen LogP contribution in [-0.4, -0.2) is 0 Å². The highest BCUT2D eigenvalue weighted by Crippen LogP contribution is 2.48. The summed E-state index contributed by atoms with van der Waals surface area (Å²) in [4.78, 5) is 0. The van der Waals surface area contributed by atoms with Crippen molar-refractivity contribution in [3.05, 3.63) is 70.5 Å². The fourth-order valence-corrected chi connectivity index (χ4v) is 5.49. The Bertz CT molecular complexity index is 867. The highest BCUT2D eigenvalue weighted by Gasteiger charge is 2.34. The van der Waals surface area contributed by atoms with Crippen LogP contribution in [0.3, 0.4) is 0 Å². The van der Waals surface area contributed by atoms with Gasteiger partial charge < -0.3 is 0 Å². The van der Waals surface area contributed by atoms with Crippen molar-refractivity contribution in [2.24, 2.45) is 11.8 Å². The number of halogens is 1. The van der Waals surface area contributed by atoms with Gasteiger partial charge in [-0.2, -0.15) is 0 Å². The molecule has 1 saturated carbocycles. The molecule has 3 atom stereocenters. The smallest absolute Gasteiger partial charge is 0.123 e. The molecule has 0 nitrogen and oxygen atoms in total. The molecule has 152 valence electrons. The zero-order chi connectivity index (χ0) is 20.1. The van der Waals surface area contributed by atoms with Crippen molar-refractivity contribution in [1.29, 1.82) is 0 Å². The summed E-state index contributed by atoms with van der Waals surface area (Å²) in [5.41, 5.74) is 5.05. The first-order valence-electron chi connectivity index (χ1n) is 11.6. The number of rotatable bonds is 5. The number of fused-ring (bicyclic) bond motifs is 3. The molecule has 1 fully saturated rings. The summed E-state index contributed by atoms with van der Waals surface area (Å²) >= 11 is 0. The Kier molecular flexibility index (Phi) is 6.70. The molecule has 0 N–H and O–H groups in total. The molecule has 0 amide bonds. The van der Waals surface area contributed by atoms with Crippen molar-refractivity contribution < 1.29 is 4.39 Å². The van der Waals surface area contributed by atoms with E-state index in [1.165, 1.54) is 81.9 Å². The topological polar surface area (TPSA) is 0 Å². The fourth-order valence-electron chi connectivity index (χ4n) is 5.49. The molecular formula is C28H33F. The van der Waals surface area contributed by atoms with Crippen molar-refractivity contribution in [2.75, 3.05) is 0 Å². The molecule has 0 radical (unpaired) electrons. The van der Waals surface area contributed by atoms with Gasteiger partial charge >= 0.3 is 0 Å². The minimum Gasteiger partial charge on any atom is -0.207 e. The van der Waals surface area contributed by atoms with E-state index in [1.807, 2.05) is 0 Å². The van der Waals surface area contributed by atoms with E-state index in [0.717, 1.165) is 28.9 Å². The van der Waals surface area contributed by atoms with Crippen molar-refractivity contribution in [3.8, 4) is 11.8 Å². The maximum Gasteiger partial charge on any atom is 0.123 e. The van der Waals surface area contributed by atoms with Gasteiger partial charge in [-0.15, -0.1) is 0 Å². The molecule has 0 bridgehead atoms. The second-order valence-corrected chi connectivity index (χ2v) is 9.10. The predicted molar refractivity (Wildman–Crippen MR) is 119 cm³/mol. The average molecular weight is 389 g/mol. The van der Waals surface area contributed by atoms with Gasteiger partial charge in [-0.05, 0) is 97.4 Å². The summed E-state index contributed by atoms with van der Waals surface area (Å²) in [5, 5.41) is 0. The minimum absolute atomic E-state index is 0.213. The van der Waals surface area contributed by atoms with E-state index in [2.05, 4.69) is 37.0 Å². The molecule has 2 aromatic carbocycles. The Morgan fingerprint density at radius 3 is 2.52 bits per heavy atom. The third-order valence-electron chi connectivity index (χ3n) is 7.08. The van der Waals surface area contributed by atoms with Crippen molar-refractivity contribution in [1.82, 2.24) is 0 Å². The van der Waals surface area contributed by atoms with Gasteiger partial charge in [-0.25, -0.2) is 4.39 Å². The summed E-state index contributed by atoms with van der Waals surface area (Å²) in [6, 6.07) is 13.3. The average Bonchev–Trinajstić information content (AvgIpc) is 2.76. The van der Waals surface area contributed by atoms with E-state index in [1.54, 1.807) is 17.7 Å². The van der Waals surface area contributed by atoms with Crippen LogP contribution in [0.25, 0.3) is 0 Å². The number of hydrogen-bond donors (Lipinski definition) is 0. The van der Waals surface area contributed by atoms with E-state index in [-0.39, 0.29) is 5.82 Å². The Hall–Kier alpha value is -2.07. The first-order valence-corrected chi connectivity index (χ1v) is 11.6. The lowest BCUT2D eigenvalue weighted by Crippen LogP contribution is -2.28. The highest BCUT2D eigenvalue weighted by molar-refractivity contribution is 5.47. The maximum atomic E-state index is 13.0. The zero-order valence-electron chi connectivity index (χ0n) is 17.7. The van der Waals surface area contributed by atoms with Crippen LogP contribution in [0, 0.1) is 29.5 Å². The molecule has 2 aliphatic carbocycles. The molecule has 0 aliphatic heterocycles. The van der Waals surface area contributed by atoms with Gasteiger partial charge in [-0.1, -0.05) is 56.9 Å². The second kappa shape index (κ2) is 9.62. The number of aryl methyl sites for hydroxylation is 1. The van der Waals surface area contributed by atoms with Crippen LogP contribution in [0.2, 0.25) is 0 Å². The van der Waals surface area contributed by atoms with Crippen LogP contribution in [0.15, 0.2) is 42.5 Å². The molecule has 0 heterocycles. The van der Waals surface area contributed by atoms with Crippen LogP contribution in [0.5, 0.6) is 0 Å². The van der Waals surface area contributed by atoms with Gasteiger partial charge in [-0.3, -0.25) is 0 Å². The zero-order valence-corrected chi connectivity index (χ0v) is 17.7. The third-order valence-corrected chi connectivity index (χ3v) is 7.08. The number of benzene rings is 2. The van der Waals surface area contributed by atoms with Gasteiger partial charge in [0.25, 0.3) is 0 Å². The SMILES string of the molecule is CCCCCC[C@@H]1CC[C@@H]2c3ccc(C#Cc4ccc(F)cc4)cc3CC[C@@H]2C1. The molecule has 1 heteroatoms. The van der Waals surface area contributed by atoms with Crippen molar-refractivity contribution >= 4 is 0 Å². The maximum absolute atomic E-state index is 13.0. The molecule has 2 aromatic rings. The second-order valence-electron chi connectivity index (χ2n) is 9.10. The van der Waals surface area contributed by atoms with Crippen LogP contribution < -0.4 is 0 Å². The number of hydrogen-bond acceptors (Lipinski definition) is 0. The van der Waals surface area contributed by atoms with E-state index >= 15 is 0 Å². The molecular weight excluding hydrogens is 355 g/mol. The first kappa shape index (κ1) is 20.2. The first-order chi connectivity index (χ1) is 14.2. The highest BCUT2D eigenvalue weighted by atomic mass is 19.1. The molecule has 0 saturated heterocycles. The van der Waals surface area contributed by atoms with Gasteiger partial charge in [0.05, 0.1) is 0 Å². The molecule has 4 rings (SSSR count). The summed E-state index contributed by atoms with van der Waals surface area (Å²) in [6.45, 7) is 2.30. The molecule has 29 heavy (non-hydrogen) atoms. The molecule has 0 spiro atoms. The van der Waals surface area contributed by atoms with Gasteiger partial charge in [0, 0.05) is 11.1 Å². The minimum atomic E-state index is -0.213. The standard InChI is InChI=1S/C28H33F/c1-2-3-4-5-6-22-11-17-27-24(19-22)13-14-25-20-23(12-18-28(25)27)8-7-21-9-15-26(29)16-10-21/h9-10,12,15-16,18,20,22,24,27H,2-6,11,13-14,17,19H2,1H3/t22-,24-,27+/m1/s1. The lowest BCUT2D eigenvalue weighted by Gasteiger charge is -2.40. The Morgan fingerprint density at radius 1 is 0.897 bits per heavy atom. The van der Waals surface area contributed by atoms with Crippen molar-refractivity contribution in [2.45, 2.75) is 77.0 Å². The predicted octanol–water partition coefficient (Wildman–Crippen LogP) is 7.64. The van der Waals surface area contributed by atoms with Gasteiger partial charge in [0.2, 0.25) is 0 Å². The Morgan fingerprint density at radius 2 is 1.69 bits per heavy atom. The van der Waals surface area contributed by atoms with Crippen molar-refractivity contribution in [3.63, 3.8) is 0 Å². The Labute approximate surface area is 175 Å².